The van der Waals surface area contributed by atoms with Crippen LogP contribution in [0.3, 0.4) is 0 Å². The molecule has 0 atom stereocenters. The van der Waals surface area contributed by atoms with E-state index in [0.29, 0.717) is 12.4 Å². The molecule has 2 aromatic rings. The van der Waals surface area contributed by atoms with Gasteiger partial charge in [0.2, 0.25) is 5.88 Å². The number of ether oxygens (including phenoxy) is 1. The van der Waals surface area contributed by atoms with Crippen LogP contribution in [0.25, 0.3) is 0 Å². The Morgan fingerprint density at radius 3 is 2.58 bits per heavy atom. The van der Waals surface area contributed by atoms with Crippen molar-refractivity contribution in [2.75, 3.05) is 13.3 Å². The summed E-state index contributed by atoms with van der Waals surface area (Å²) in [6, 6.07) is 10.4. The van der Waals surface area contributed by atoms with Gasteiger partial charge in [-0.15, -0.1) is 11.8 Å². The number of aryl methyl sites for hydroxylation is 1. The molecule has 0 saturated heterocycles. The van der Waals surface area contributed by atoms with Crippen molar-refractivity contribution in [1.82, 2.24) is 15.6 Å². The van der Waals surface area contributed by atoms with Crippen molar-refractivity contribution in [1.29, 1.82) is 0 Å². The number of thioether (sulfide) groups is 1. The van der Waals surface area contributed by atoms with Gasteiger partial charge in [-0.1, -0.05) is 18.2 Å². The fraction of sp³-hybridized carbons (Fsp3) is 0.400. The van der Waals surface area contributed by atoms with Gasteiger partial charge in [0, 0.05) is 37.3 Å². The molecule has 5 nitrogen and oxygen atoms in total. The molecule has 2 N–H and O–H groups in total. The van der Waals surface area contributed by atoms with Gasteiger partial charge in [-0.05, 0) is 49.8 Å². The lowest BCUT2D eigenvalue weighted by atomic mass is 10.1. The molecule has 0 aliphatic carbocycles. The average molecular weight is 373 g/mol. The number of aromatic nitrogens is 1. The summed E-state index contributed by atoms with van der Waals surface area (Å²) in [4.78, 5) is 9.90. The Morgan fingerprint density at radius 1 is 1.19 bits per heavy atom. The molecule has 1 heterocycles. The molecule has 0 spiro atoms. The summed E-state index contributed by atoms with van der Waals surface area (Å²) in [5, 5.41) is 6.68. The molecule has 1 aromatic carbocycles. The molecule has 0 saturated carbocycles. The van der Waals surface area contributed by atoms with Crippen molar-refractivity contribution in [2.24, 2.45) is 4.99 Å². The van der Waals surface area contributed by atoms with Crippen LogP contribution in [-0.4, -0.2) is 30.4 Å². The van der Waals surface area contributed by atoms with Crippen molar-refractivity contribution in [3.05, 3.63) is 53.2 Å². The number of nitrogens with one attached hydrogen (secondary N) is 2. The Labute approximate surface area is 160 Å². The van der Waals surface area contributed by atoms with E-state index in [-0.39, 0.29) is 6.10 Å². The second-order valence-corrected chi connectivity index (χ2v) is 7.11. The second-order valence-electron chi connectivity index (χ2n) is 6.27. The summed E-state index contributed by atoms with van der Waals surface area (Å²) in [5.41, 5.74) is 3.62. The smallest absolute Gasteiger partial charge is 0.213 e. The van der Waals surface area contributed by atoms with Crippen molar-refractivity contribution < 1.29 is 4.74 Å². The molecule has 0 bridgehead atoms. The van der Waals surface area contributed by atoms with E-state index in [2.05, 4.69) is 52.0 Å². The van der Waals surface area contributed by atoms with Gasteiger partial charge >= 0.3 is 0 Å². The number of rotatable bonds is 7. The third-order valence-corrected chi connectivity index (χ3v) is 4.55. The van der Waals surface area contributed by atoms with Crippen LogP contribution >= 0.6 is 11.8 Å². The van der Waals surface area contributed by atoms with Crippen molar-refractivity contribution in [3.63, 3.8) is 0 Å². The molecule has 2 rings (SSSR count). The predicted molar refractivity (Wildman–Crippen MR) is 110 cm³/mol. The van der Waals surface area contributed by atoms with Gasteiger partial charge in [0.1, 0.15) is 0 Å². The molecule has 0 aliphatic rings. The largest absolute Gasteiger partial charge is 0.475 e. The maximum absolute atomic E-state index is 5.56. The van der Waals surface area contributed by atoms with Crippen LogP contribution in [0.2, 0.25) is 0 Å². The summed E-state index contributed by atoms with van der Waals surface area (Å²) in [6.45, 7) is 7.48. The maximum atomic E-state index is 5.56. The molecular formula is C20H28N4OS. The summed E-state index contributed by atoms with van der Waals surface area (Å²) < 4.78 is 5.56. The molecule has 0 unspecified atom stereocenters. The first kappa shape index (κ1) is 20.1. The van der Waals surface area contributed by atoms with Crippen molar-refractivity contribution in [3.8, 4) is 5.88 Å². The number of aliphatic imine (C=N–C) groups is 1. The lowest BCUT2D eigenvalue weighted by Gasteiger charge is -2.14. The van der Waals surface area contributed by atoms with E-state index >= 15 is 0 Å². The minimum Gasteiger partial charge on any atom is -0.475 e. The molecule has 0 amide bonds. The number of benzene rings is 1. The van der Waals surface area contributed by atoms with Crippen molar-refractivity contribution in [2.45, 2.75) is 44.9 Å². The standard InChI is InChI=1S/C20H28N4OS/c1-14(2)25-19-9-7-16(11-22-19)12-23-20(21-4)24-13-17-8-6-15(3)10-18(17)26-5/h6-11,14H,12-13H2,1-5H3,(H2,21,23,24). The van der Waals surface area contributed by atoms with Crippen LogP contribution in [0.5, 0.6) is 5.88 Å². The summed E-state index contributed by atoms with van der Waals surface area (Å²) in [5.74, 6) is 1.41. The average Bonchev–Trinajstić information content (AvgIpc) is 2.63. The Balaban J connectivity index is 1.88. The summed E-state index contributed by atoms with van der Waals surface area (Å²) in [6.07, 6.45) is 4.05. The number of nitrogens with zero attached hydrogens (tertiary/aromatic N) is 2. The molecule has 140 valence electrons. The number of hydrogen-bond donors (Lipinski definition) is 2. The minimum atomic E-state index is 0.127. The van der Waals surface area contributed by atoms with Gasteiger partial charge in [-0.2, -0.15) is 0 Å². The molecule has 0 aliphatic heterocycles. The fourth-order valence-corrected chi connectivity index (χ4v) is 3.12. The highest BCUT2D eigenvalue weighted by Gasteiger charge is 2.05. The first-order valence-electron chi connectivity index (χ1n) is 8.71. The van der Waals surface area contributed by atoms with Gasteiger partial charge < -0.3 is 15.4 Å². The van der Waals surface area contributed by atoms with Crippen molar-refractivity contribution >= 4 is 17.7 Å². The third-order valence-electron chi connectivity index (χ3n) is 3.73. The fourth-order valence-electron chi connectivity index (χ4n) is 2.41. The highest BCUT2D eigenvalue weighted by Crippen LogP contribution is 2.21. The van der Waals surface area contributed by atoms with E-state index in [1.54, 1.807) is 18.8 Å². The van der Waals surface area contributed by atoms with Gasteiger partial charge in [-0.25, -0.2) is 4.98 Å². The zero-order chi connectivity index (χ0) is 18.9. The quantitative estimate of drug-likeness (QED) is 0.440. The first-order chi connectivity index (χ1) is 12.5. The minimum absolute atomic E-state index is 0.127. The van der Waals surface area contributed by atoms with Gasteiger partial charge in [-0.3, -0.25) is 4.99 Å². The highest BCUT2D eigenvalue weighted by molar-refractivity contribution is 7.98. The molecule has 6 heteroatoms. The second kappa shape index (κ2) is 10.1. The van der Waals surface area contributed by atoms with Gasteiger partial charge in [0.15, 0.2) is 5.96 Å². The van der Waals surface area contributed by atoms with E-state index in [4.69, 9.17) is 4.74 Å². The van der Waals surface area contributed by atoms with E-state index in [9.17, 15) is 0 Å². The maximum Gasteiger partial charge on any atom is 0.213 e. The summed E-state index contributed by atoms with van der Waals surface area (Å²) >= 11 is 1.76. The Morgan fingerprint density at radius 2 is 1.96 bits per heavy atom. The van der Waals surface area contributed by atoms with Crippen LogP contribution < -0.4 is 15.4 Å². The van der Waals surface area contributed by atoms with Crippen LogP contribution in [0, 0.1) is 6.92 Å². The number of pyridine rings is 1. The van der Waals surface area contributed by atoms with E-state index in [1.165, 1.54) is 16.0 Å². The Hall–Kier alpha value is -2.21. The first-order valence-corrected chi connectivity index (χ1v) is 9.94. The number of hydrogen-bond acceptors (Lipinski definition) is 4. The zero-order valence-corrected chi connectivity index (χ0v) is 17.0. The zero-order valence-electron chi connectivity index (χ0n) is 16.2. The lowest BCUT2D eigenvalue weighted by molar-refractivity contribution is 0.232. The molecule has 0 radical (unpaired) electrons. The Kier molecular flexibility index (Phi) is 7.78. The third kappa shape index (κ3) is 6.26. The van der Waals surface area contributed by atoms with E-state index in [1.807, 2.05) is 32.2 Å². The Bertz CT molecular complexity index is 729. The van der Waals surface area contributed by atoms with Crippen LogP contribution in [-0.2, 0) is 13.1 Å². The SMILES string of the molecule is CN=C(NCc1ccc(OC(C)C)nc1)NCc1ccc(C)cc1SC. The highest BCUT2D eigenvalue weighted by atomic mass is 32.2. The summed E-state index contributed by atoms with van der Waals surface area (Å²) in [7, 11) is 1.78. The van der Waals surface area contributed by atoms with Crippen LogP contribution in [0.15, 0.2) is 46.4 Å². The normalized spacial score (nSPS) is 11.5. The van der Waals surface area contributed by atoms with E-state index in [0.717, 1.165) is 18.1 Å². The molecule has 26 heavy (non-hydrogen) atoms. The molecule has 1 aromatic heterocycles. The van der Waals surface area contributed by atoms with E-state index < -0.39 is 0 Å². The molecular weight excluding hydrogens is 344 g/mol. The van der Waals surface area contributed by atoms with Crippen LogP contribution in [0.1, 0.15) is 30.5 Å². The lowest BCUT2D eigenvalue weighted by Crippen LogP contribution is -2.36. The predicted octanol–water partition coefficient (Wildman–Crippen LogP) is 3.76. The van der Waals surface area contributed by atoms with Gasteiger partial charge in [0.25, 0.3) is 0 Å². The topological polar surface area (TPSA) is 58.5 Å². The monoisotopic (exact) mass is 372 g/mol. The van der Waals surface area contributed by atoms with Crippen LogP contribution in [0.4, 0.5) is 0 Å². The molecule has 0 fully saturated rings. The van der Waals surface area contributed by atoms with Gasteiger partial charge in [0.05, 0.1) is 6.10 Å². The number of guanidine groups is 1.